The van der Waals surface area contributed by atoms with Gasteiger partial charge in [-0.1, -0.05) is 0 Å². The fourth-order valence-electron chi connectivity index (χ4n) is 1.49. The third kappa shape index (κ3) is 2.52. The normalized spacial score (nSPS) is 10.6. The Kier molecular flexibility index (Phi) is 4.30. The van der Waals surface area contributed by atoms with Crippen molar-refractivity contribution in [3.05, 3.63) is 6.33 Å². The zero-order valence-electron chi connectivity index (χ0n) is 9.84. The summed E-state index contributed by atoms with van der Waals surface area (Å²) in [5, 5.41) is 9.02. The molecule has 0 aromatic carbocycles. The molecule has 0 atom stereocenters. The third-order valence-corrected chi connectivity index (χ3v) is 2.25. The smallest absolute Gasteiger partial charge is 0.204 e. The van der Waals surface area contributed by atoms with Gasteiger partial charge in [0.1, 0.15) is 6.33 Å². The minimum absolute atomic E-state index is 0.0469. The molecule has 1 heterocycles. The van der Waals surface area contributed by atoms with Crippen LogP contribution in [0.2, 0.25) is 0 Å². The van der Waals surface area contributed by atoms with Gasteiger partial charge in [0.15, 0.2) is 11.6 Å². The van der Waals surface area contributed by atoms with Gasteiger partial charge >= 0.3 is 0 Å². The van der Waals surface area contributed by atoms with Crippen LogP contribution < -0.4 is 15.4 Å². The van der Waals surface area contributed by atoms with Crippen molar-refractivity contribution in [3.8, 4) is 5.75 Å². The van der Waals surface area contributed by atoms with Crippen molar-refractivity contribution in [1.29, 1.82) is 0 Å². The van der Waals surface area contributed by atoms with Crippen LogP contribution in [0, 0.1) is 0 Å². The van der Waals surface area contributed by atoms with Crippen LogP contribution in [0.4, 0.5) is 11.6 Å². The van der Waals surface area contributed by atoms with Gasteiger partial charge in [-0.2, -0.15) is 0 Å². The van der Waals surface area contributed by atoms with Crippen molar-refractivity contribution in [2.45, 2.75) is 19.9 Å². The number of aliphatic hydroxyl groups is 1. The molecule has 0 spiro atoms. The van der Waals surface area contributed by atoms with E-state index < -0.39 is 0 Å². The van der Waals surface area contributed by atoms with Gasteiger partial charge in [-0.05, 0) is 13.8 Å². The summed E-state index contributed by atoms with van der Waals surface area (Å²) in [7, 11) is 1.52. The number of aliphatic hydroxyl groups excluding tert-OH is 1. The van der Waals surface area contributed by atoms with E-state index in [9.17, 15) is 0 Å². The van der Waals surface area contributed by atoms with E-state index in [1.54, 1.807) is 0 Å². The van der Waals surface area contributed by atoms with Gasteiger partial charge < -0.3 is 20.5 Å². The molecule has 6 nitrogen and oxygen atoms in total. The average Bonchev–Trinajstić information content (AvgIpc) is 2.25. The molecule has 0 aliphatic heterocycles. The van der Waals surface area contributed by atoms with E-state index in [0.717, 1.165) is 0 Å². The minimum atomic E-state index is 0.0469. The molecule has 0 saturated carbocycles. The van der Waals surface area contributed by atoms with E-state index in [4.69, 9.17) is 15.6 Å². The molecule has 1 aromatic rings. The van der Waals surface area contributed by atoms with Gasteiger partial charge in [0.25, 0.3) is 0 Å². The zero-order valence-corrected chi connectivity index (χ0v) is 9.84. The average molecular weight is 226 g/mol. The molecular weight excluding hydrogens is 208 g/mol. The van der Waals surface area contributed by atoms with Crippen molar-refractivity contribution < 1.29 is 9.84 Å². The van der Waals surface area contributed by atoms with Crippen molar-refractivity contribution in [1.82, 2.24) is 9.97 Å². The highest BCUT2D eigenvalue weighted by Gasteiger charge is 2.18. The number of nitrogens with two attached hydrogens (primary N) is 1. The lowest BCUT2D eigenvalue weighted by atomic mass is 10.3. The molecule has 16 heavy (non-hydrogen) atoms. The van der Waals surface area contributed by atoms with Crippen molar-refractivity contribution in [2.24, 2.45) is 0 Å². The quantitative estimate of drug-likeness (QED) is 0.750. The largest absolute Gasteiger partial charge is 0.490 e. The molecule has 0 radical (unpaired) electrons. The summed E-state index contributed by atoms with van der Waals surface area (Å²) in [6, 6.07) is 0.190. The molecule has 0 saturated heterocycles. The highest BCUT2D eigenvalue weighted by Crippen LogP contribution is 2.30. The molecule has 0 aliphatic rings. The molecule has 90 valence electrons. The van der Waals surface area contributed by atoms with Crippen molar-refractivity contribution in [2.75, 3.05) is 30.9 Å². The fourth-order valence-corrected chi connectivity index (χ4v) is 1.49. The molecule has 3 N–H and O–H groups in total. The van der Waals surface area contributed by atoms with E-state index in [0.29, 0.717) is 23.9 Å². The second kappa shape index (κ2) is 5.50. The van der Waals surface area contributed by atoms with E-state index in [2.05, 4.69) is 9.97 Å². The van der Waals surface area contributed by atoms with Crippen LogP contribution in [0.5, 0.6) is 5.75 Å². The van der Waals surface area contributed by atoms with Crippen LogP contribution in [0.1, 0.15) is 13.8 Å². The summed E-state index contributed by atoms with van der Waals surface area (Å²) in [6.07, 6.45) is 1.39. The molecule has 1 rings (SSSR count). The number of ether oxygens (including phenoxy) is 1. The molecule has 0 unspecified atom stereocenters. The summed E-state index contributed by atoms with van der Waals surface area (Å²) in [5.41, 5.74) is 5.70. The fraction of sp³-hybridized carbons (Fsp3) is 0.600. The first-order chi connectivity index (χ1) is 7.61. The Labute approximate surface area is 95.1 Å². The Morgan fingerprint density at radius 3 is 2.69 bits per heavy atom. The van der Waals surface area contributed by atoms with Crippen LogP contribution >= 0.6 is 0 Å². The standard InChI is InChI=1S/C10H18N4O2/c1-7(2)14(4-5-15)10-8(16-3)9(11)12-6-13-10/h6-7,15H,4-5H2,1-3H3,(H2,11,12,13). The number of hydrogen-bond donors (Lipinski definition) is 2. The molecule has 6 heteroatoms. The minimum Gasteiger partial charge on any atom is -0.490 e. The van der Waals surface area contributed by atoms with E-state index in [1.807, 2.05) is 18.7 Å². The second-order valence-electron chi connectivity index (χ2n) is 3.63. The topological polar surface area (TPSA) is 84.5 Å². The first kappa shape index (κ1) is 12.5. The molecular formula is C10H18N4O2. The predicted molar refractivity (Wildman–Crippen MR) is 62.6 cm³/mol. The molecule has 0 amide bonds. The van der Waals surface area contributed by atoms with Crippen LogP contribution in [0.3, 0.4) is 0 Å². The van der Waals surface area contributed by atoms with Gasteiger partial charge in [-0.25, -0.2) is 9.97 Å². The number of methoxy groups -OCH3 is 1. The second-order valence-corrected chi connectivity index (χ2v) is 3.63. The van der Waals surface area contributed by atoms with Crippen LogP contribution in [-0.4, -0.2) is 41.4 Å². The summed E-state index contributed by atoms with van der Waals surface area (Å²) >= 11 is 0. The Balaban J connectivity index is 3.12. The number of nitrogen functional groups attached to an aromatic ring is 1. The summed E-state index contributed by atoms with van der Waals surface area (Å²) < 4.78 is 5.18. The number of aromatic nitrogens is 2. The summed E-state index contributed by atoms with van der Waals surface area (Å²) in [6.45, 7) is 4.54. The van der Waals surface area contributed by atoms with E-state index in [1.165, 1.54) is 13.4 Å². The molecule has 0 fully saturated rings. The Bertz CT molecular complexity index is 344. The van der Waals surface area contributed by atoms with Gasteiger partial charge in [0.05, 0.1) is 13.7 Å². The zero-order chi connectivity index (χ0) is 12.1. The maximum Gasteiger partial charge on any atom is 0.204 e. The summed E-state index contributed by atoms with van der Waals surface area (Å²) in [4.78, 5) is 9.93. The Morgan fingerprint density at radius 1 is 1.50 bits per heavy atom. The van der Waals surface area contributed by atoms with Crippen molar-refractivity contribution in [3.63, 3.8) is 0 Å². The van der Waals surface area contributed by atoms with E-state index in [-0.39, 0.29) is 12.6 Å². The lowest BCUT2D eigenvalue weighted by molar-refractivity contribution is 0.297. The highest BCUT2D eigenvalue weighted by atomic mass is 16.5. The molecule has 1 aromatic heterocycles. The third-order valence-electron chi connectivity index (χ3n) is 2.25. The lowest BCUT2D eigenvalue weighted by Crippen LogP contribution is -2.34. The maximum absolute atomic E-state index is 9.02. The van der Waals surface area contributed by atoms with Gasteiger partial charge in [0.2, 0.25) is 5.75 Å². The maximum atomic E-state index is 9.02. The highest BCUT2D eigenvalue weighted by molar-refractivity contribution is 5.63. The number of nitrogens with zero attached hydrogens (tertiary/aromatic N) is 3. The summed E-state index contributed by atoms with van der Waals surface area (Å²) in [5.74, 6) is 1.36. The number of rotatable bonds is 5. The molecule has 0 bridgehead atoms. The van der Waals surface area contributed by atoms with Crippen LogP contribution in [0.25, 0.3) is 0 Å². The molecule has 0 aliphatic carbocycles. The first-order valence-electron chi connectivity index (χ1n) is 5.13. The number of hydrogen-bond acceptors (Lipinski definition) is 6. The number of anilines is 2. The predicted octanol–water partition coefficient (Wildman–Crippen LogP) is 0.274. The van der Waals surface area contributed by atoms with Crippen LogP contribution in [0.15, 0.2) is 6.33 Å². The van der Waals surface area contributed by atoms with E-state index >= 15 is 0 Å². The van der Waals surface area contributed by atoms with Gasteiger partial charge in [0, 0.05) is 12.6 Å². The Morgan fingerprint density at radius 2 is 2.19 bits per heavy atom. The lowest BCUT2D eigenvalue weighted by Gasteiger charge is -2.28. The monoisotopic (exact) mass is 226 g/mol. The van der Waals surface area contributed by atoms with Gasteiger partial charge in [-0.3, -0.25) is 0 Å². The van der Waals surface area contributed by atoms with Crippen molar-refractivity contribution >= 4 is 11.6 Å². The first-order valence-corrected chi connectivity index (χ1v) is 5.13. The SMILES string of the molecule is COc1c(N)ncnc1N(CCO)C(C)C. The Hall–Kier alpha value is -1.56. The van der Waals surface area contributed by atoms with Crippen LogP contribution in [-0.2, 0) is 0 Å². The van der Waals surface area contributed by atoms with Gasteiger partial charge in [-0.15, -0.1) is 0 Å².